The molecule has 1 saturated heterocycles. The Balaban J connectivity index is 1.53. The average Bonchev–Trinajstić information content (AvgIpc) is 3.11. The van der Waals surface area contributed by atoms with Gasteiger partial charge in [0.1, 0.15) is 12.4 Å². The lowest BCUT2D eigenvalue weighted by Crippen LogP contribution is -2.46. The molecule has 0 aliphatic carbocycles. The van der Waals surface area contributed by atoms with Crippen molar-refractivity contribution in [1.82, 2.24) is 15.4 Å². The monoisotopic (exact) mass is 441 g/mol. The van der Waals surface area contributed by atoms with Crippen LogP contribution in [0.2, 0.25) is 0 Å². The second-order valence-electron chi connectivity index (χ2n) is 8.67. The summed E-state index contributed by atoms with van der Waals surface area (Å²) < 4.78 is 16.6. The minimum Gasteiger partial charge on any atom is -0.493 e. The van der Waals surface area contributed by atoms with E-state index in [4.69, 9.17) is 14.0 Å². The molecule has 1 aromatic heterocycles. The molecular weight excluding hydrogens is 406 g/mol. The van der Waals surface area contributed by atoms with E-state index in [1.54, 1.807) is 19.3 Å². The Bertz CT molecular complexity index is 918. The predicted octanol–water partition coefficient (Wildman–Crippen LogP) is 4.13. The molecule has 1 aliphatic heterocycles. The van der Waals surface area contributed by atoms with Gasteiger partial charge >= 0.3 is 0 Å². The molecule has 0 bridgehead atoms. The molecule has 1 N–H and O–H groups in total. The lowest BCUT2D eigenvalue weighted by molar-refractivity contribution is -0.116. The lowest BCUT2D eigenvalue weighted by atomic mass is 9.99. The molecule has 1 aromatic carbocycles. The molecule has 7 heteroatoms. The van der Waals surface area contributed by atoms with Crippen LogP contribution >= 0.6 is 0 Å². The number of ether oxygens (including phenoxy) is 2. The van der Waals surface area contributed by atoms with E-state index in [9.17, 15) is 4.79 Å². The lowest BCUT2D eigenvalue weighted by Gasteiger charge is -2.35. The first-order chi connectivity index (χ1) is 15.4. The van der Waals surface area contributed by atoms with Gasteiger partial charge in [0.15, 0.2) is 11.5 Å². The molecule has 2 unspecified atom stereocenters. The van der Waals surface area contributed by atoms with Gasteiger partial charge in [-0.15, -0.1) is 0 Å². The summed E-state index contributed by atoms with van der Waals surface area (Å²) in [5, 5.41) is 6.96. The van der Waals surface area contributed by atoms with Gasteiger partial charge in [0.2, 0.25) is 5.91 Å². The Labute approximate surface area is 190 Å². The van der Waals surface area contributed by atoms with Crippen LogP contribution < -0.4 is 14.8 Å². The zero-order valence-corrected chi connectivity index (χ0v) is 19.8. The SMILES string of the molecule is COc1cc(/C=C/C(=O)NCC(C)N2CCCC(C)C2)ccc1OCc1c(C)noc1C. The summed E-state index contributed by atoms with van der Waals surface area (Å²) in [7, 11) is 1.60. The number of nitrogens with zero attached hydrogens (tertiary/aromatic N) is 2. The average molecular weight is 442 g/mol. The first-order valence-corrected chi connectivity index (χ1v) is 11.3. The fourth-order valence-electron chi connectivity index (χ4n) is 4.00. The number of carbonyl (C=O) groups is 1. The Morgan fingerprint density at radius 3 is 2.88 bits per heavy atom. The molecule has 2 atom stereocenters. The van der Waals surface area contributed by atoms with E-state index in [1.165, 1.54) is 12.8 Å². The Kier molecular flexibility index (Phi) is 8.33. The van der Waals surface area contributed by atoms with Gasteiger partial charge in [0.05, 0.1) is 18.4 Å². The van der Waals surface area contributed by atoms with Gasteiger partial charge in [-0.2, -0.15) is 0 Å². The zero-order chi connectivity index (χ0) is 23.1. The fraction of sp³-hybridized carbons (Fsp3) is 0.520. The van der Waals surface area contributed by atoms with Gasteiger partial charge in [0, 0.05) is 25.2 Å². The van der Waals surface area contributed by atoms with Crippen LogP contribution in [0.3, 0.4) is 0 Å². The topological polar surface area (TPSA) is 76.8 Å². The summed E-state index contributed by atoms with van der Waals surface area (Å²) in [6.45, 7) is 11.4. The van der Waals surface area contributed by atoms with Crippen LogP contribution in [0.25, 0.3) is 6.08 Å². The summed E-state index contributed by atoms with van der Waals surface area (Å²) in [6, 6.07) is 5.93. The number of benzene rings is 1. The number of hydrogen-bond acceptors (Lipinski definition) is 6. The highest BCUT2D eigenvalue weighted by atomic mass is 16.5. The molecule has 7 nitrogen and oxygen atoms in total. The van der Waals surface area contributed by atoms with Gasteiger partial charge in [-0.25, -0.2) is 0 Å². The summed E-state index contributed by atoms with van der Waals surface area (Å²) in [5.41, 5.74) is 2.61. The van der Waals surface area contributed by atoms with Crippen molar-refractivity contribution in [2.75, 3.05) is 26.7 Å². The number of likely N-dealkylation sites (tertiary alicyclic amines) is 1. The quantitative estimate of drug-likeness (QED) is 0.590. The molecule has 32 heavy (non-hydrogen) atoms. The van der Waals surface area contributed by atoms with Crippen molar-refractivity contribution in [1.29, 1.82) is 0 Å². The van der Waals surface area contributed by atoms with Gasteiger partial charge in [-0.3, -0.25) is 9.69 Å². The van der Waals surface area contributed by atoms with Crippen molar-refractivity contribution < 1.29 is 18.8 Å². The maximum absolute atomic E-state index is 12.3. The predicted molar refractivity (Wildman–Crippen MR) is 125 cm³/mol. The summed E-state index contributed by atoms with van der Waals surface area (Å²) in [6.07, 6.45) is 5.87. The maximum Gasteiger partial charge on any atom is 0.244 e. The number of rotatable bonds is 9. The highest BCUT2D eigenvalue weighted by Crippen LogP contribution is 2.30. The normalized spacial score (nSPS) is 18.0. The summed E-state index contributed by atoms with van der Waals surface area (Å²) in [5.74, 6) is 2.61. The van der Waals surface area contributed by atoms with Gasteiger partial charge in [-0.1, -0.05) is 18.1 Å². The molecule has 0 radical (unpaired) electrons. The molecule has 1 aliphatic rings. The molecule has 174 valence electrons. The molecule has 0 spiro atoms. The van der Waals surface area contributed by atoms with Gasteiger partial charge < -0.3 is 19.3 Å². The molecule has 1 fully saturated rings. The maximum atomic E-state index is 12.3. The Hall–Kier alpha value is -2.80. The van der Waals surface area contributed by atoms with E-state index in [-0.39, 0.29) is 5.91 Å². The second-order valence-corrected chi connectivity index (χ2v) is 8.67. The van der Waals surface area contributed by atoms with Gasteiger partial charge in [-0.05, 0) is 69.8 Å². The van der Waals surface area contributed by atoms with Crippen LogP contribution in [0, 0.1) is 19.8 Å². The third-order valence-electron chi connectivity index (χ3n) is 6.05. The van der Waals surface area contributed by atoms with Crippen LogP contribution in [-0.4, -0.2) is 48.7 Å². The minimum atomic E-state index is -0.0976. The third-order valence-corrected chi connectivity index (χ3v) is 6.05. The van der Waals surface area contributed by atoms with E-state index >= 15 is 0 Å². The Morgan fingerprint density at radius 2 is 2.19 bits per heavy atom. The van der Waals surface area contributed by atoms with Crippen LogP contribution in [0.5, 0.6) is 11.5 Å². The van der Waals surface area contributed by atoms with Gasteiger partial charge in [0.25, 0.3) is 0 Å². The molecule has 0 saturated carbocycles. The number of amides is 1. The highest BCUT2D eigenvalue weighted by molar-refractivity contribution is 5.91. The standard InChI is InChI=1S/C25H35N3O4/c1-17-7-6-12-28(15-17)18(2)14-26-25(29)11-9-21-8-10-23(24(13-21)30-5)31-16-22-19(3)27-32-20(22)4/h8-11,13,17-18H,6-7,12,14-16H2,1-5H3,(H,26,29)/b11-9+. The first-order valence-electron chi connectivity index (χ1n) is 11.3. The van der Waals surface area contributed by atoms with E-state index in [2.05, 4.69) is 29.2 Å². The fourth-order valence-corrected chi connectivity index (χ4v) is 4.00. The zero-order valence-electron chi connectivity index (χ0n) is 19.8. The molecule has 3 rings (SSSR count). The van der Waals surface area contributed by atoms with Crippen molar-refractivity contribution in [2.24, 2.45) is 5.92 Å². The number of aryl methyl sites for hydroxylation is 2. The minimum absolute atomic E-state index is 0.0976. The third kappa shape index (κ3) is 6.36. The number of hydrogen-bond donors (Lipinski definition) is 1. The number of nitrogens with one attached hydrogen (secondary N) is 1. The number of methoxy groups -OCH3 is 1. The highest BCUT2D eigenvalue weighted by Gasteiger charge is 2.20. The van der Waals surface area contributed by atoms with Crippen LogP contribution in [0.15, 0.2) is 28.8 Å². The number of aromatic nitrogens is 1. The summed E-state index contributed by atoms with van der Waals surface area (Å²) in [4.78, 5) is 14.8. The van der Waals surface area contributed by atoms with E-state index in [0.29, 0.717) is 30.7 Å². The van der Waals surface area contributed by atoms with Crippen molar-refractivity contribution in [3.8, 4) is 11.5 Å². The molecule has 2 heterocycles. The smallest absolute Gasteiger partial charge is 0.244 e. The van der Waals surface area contributed by atoms with Crippen molar-refractivity contribution in [3.63, 3.8) is 0 Å². The van der Waals surface area contributed by atoms with Crippen LogP contribution in [-0.2, 0) is 11.4 Å². The molecular formula is C25H35N3O4. The second kappa shape index (κ2) is 11.2. The van der Waals surface area contributed by atoms with E-state index < -0.39 is 0 Å². The number of piperidine rings is 1. The van der Waals surface area contributed by atoms with Crippen molar-refractivity contribution in [2.45, 2.75) is 53.2 Å². The summed E-state index contributed by atoms with van der Waals surface area (Å²) >= 11 is 0. The first kappa shape index (κ1) is 23.9. The van der Waals surface area contributed by atoms with E-state index in [0.717, 1.165) is 41.6 Å². The molecule has 2 aromatic rings. The Morgan fingerprint density at radius 1 is 1.38 bits per heavy atom. The van der Waals surface area contributed by atoms with Crippen LogP contribution in [0.1, 0.15) is 49.3 Å². The largest absolute Gasteiger partial charge is 0.493 e. The van der Waals surface area contributed by atoms with Crippen molar-refractivity contribution in [3.05, 3.63) is 46.9 Å². The van der Waals surface area contributed by atoms with E-state index in [1.807, 2.05) is 32.0 Å². The van der Waals surface area contributed by atoms with Crippen molar-refractivity contribution >= 4 is 12.0 Å². The number of carbonyl (C=O) groups excluding carboxylic acids is 1. The van der Waals surface area contributed by atoms with Crippen LogP contribution in [0.4, 0.5) is 0 Å². The molecule has 1 amide bonds.